The van der Waals surface area contributed by atoms with Crippen LogP contribution in [-0.2, 0) is 13.1 Å². The Hall–Kier alpha value is -1.42. The number of benzene rings is 1. The number of hydrogen-bond acceptors (Lipinski definition) is 3. The predicted octanol–water partition coefficient (Wildman–Crippen LogP) is 3.51. The van der Waals surface area contributed by atoms with Crippen molar-refractivity contribution in [3.8, 4) is 0 Å². The predicted molar refractivity (Wildman–Crippen MR) is 86.1 cm³/mol. The number of aliphatic hydroxyl groups is 1. The molecule has 0 aliphatic carbocycles. The highest BCUT2D eigenvalue weighted by Crippen LogP contribution is 2.14. The Morgan fingerprint density at radius 3 is 2.38 bits per heavy atom. The molecule has 3 nitrogen and oxygen atoms in total. The van der Waals surface area contributed by atoms with Gasteiger partial charge in [0.25, 0.3) is 0 Å². The van der Waals surface area contributed by atoms with Crippen LogP contribution in [0.25, 0.3) is 0 Å². The Morgan fingerprint density at radius 1 is 1.10 bits per heavy atom. The first-order chi connectivity index (χ1) is 9.92. The third-order valence-electron chi connectivity index (χ3n) is 3.03. The summed E-state index contributed by atoms with van der Waals surface area (Å²) in [7, 11) is 0. The van der Waals surface area contributed by atoms with Crippen LogP contribution in [0.5, 0.6) is 0 Å². The van der Waals surface area contributed by atoms with E-state index in [9.17, 15) is 5.11 Å². The van der Waals surface area contributed by atoms with Gasteiger partial charge < -0.3 is 5.11 Å². The first kappa shape index (κ1) is 16.0. The summed E-state index contributed by atoms with van der Waals surface area (Å²) in [5.74, 6) is 0. The normalized spacial score (nSPS) is 11.9. The molecule has 0 aliphatic heterocycles. The molecule has 0 radical (unpaired) electrons. The number of hydrogen-bond donors (Lipinski definition) is 1. The molecule has 112 valence electrons. The van der Waals surface area contributed by atoms with E-state index in [-0.39, 0.29) is 0 Å². The van der Waals surface area contributed by atoms with Crippen LogP contribution in [0.15, 0.2) is 48.7 Å². The minimum Gasteiger partial charge on any atom is -0.389 e. The fraction of sp³-hybridized carbons (Fsp3) is 0.353. The highest BCUT2D eigenvalue weighted by molar-refractivity contribution is 6.30. The van der Waals surface area contributed by atoms with Crippen molar-refractivity contribution < 1.29 is 5.11 Å². The van der Waals surface area contributed by atoms with Crippen molar-refractivity contribution in [3.05, 3.63) is 64.9 Å². The first-order valence-corrected chi connectivity index (χ1v) is 7.39. The smallest absolute Gasteiger partial charge is 0.0718 e. The Bertz CT molecular complexity index is 549. The summed E-state index contributed by atoms with van der Waals surface area (Å²) >= 11 is 5.87. The molecule has 0 aliphatic rings. The quantitative estimate of drug-likeness (QED) is 0.887. The fourth-order valence-corrected chi connectivity index (χ4v) is 2.40. The minimum atomic E-state index is -0.749. The molecule has 1 aromatic heterocycles. The maximum atomic E-state index is 10.1. The number of aromatic nitrogens is 1. The van der Waals surface area contributed by atoms with E-state index in [2.05, 4.69) is 22.0 Å². The molecule has 0 spiro atoms. The van der Waals surface area contributed by atoms with Crippen molar-refractivity contribution in [2.45, 2.75) is 32.5 Å². The molecule has 2 aromatic rings. The summed E-state index contributed by atoms with van der Waals surface area (Å²) in [5, 5.41) is 10.7. The SMILES string of the molecule is CC(C)(O)CN(Cc1ccccc1)Cc1ccc(Cl)cn1. The van der Waals surface area contributed by atoms with E-state index in [1.165, 1.54) is 5.56 Å². The number of rotatable bonds is 6. The van der Waals surface area contributed by atoms with Crippen molar-refractivity contribution in [1.82, 2.24) is 9.88 Å². The zero-order valence-electron chi connectivity index (χ0n) is 12.5. The molecule has 0 bridgehead atoms. The molecule has 0 saturated heterocycles. The molecular weight excluding hydrogens is 284 g/mol. The highest BCUT2D eigenvalue weighted by Gasteiger charge is 2.19. The lowest BCUT2D eigenvalue weighted by Gasteiger charge is -2.28. The van der Waals surface area contributed by atoms with Gasteiger partial charge in [-0.05, 0) is 31.5 Å². The summed E-state index contributed by atoms with van der Waals surface area (Å²) in [4.78, 5) is 6.52. The average molecular weight is 305 g/mol. The third-order valence-corrected chi connectivity index (χ3v) is 3.26. The lowest BCUT2D eigenvalue weighted by molar-refractivity contribution is 0.0303. The number of pyridine rings is 1. The summed E-state index contributed by atoms with van der Waals surface area (Å²) in [5.41, 5.74) is 1.41. The van der Waals surface area contributed by atoms with Gasteiger partial charge in [-0.25, -0.2) is 0 Å². The zero-order chi connectivity index (χ0) is 15.3. The van der Waals surface area contributed by atoms with Crippen molar-refractivity contribution in [2.75, 3.05) is 6.54 Å². The zero-order valence-corrected chi connectivity index (χ0v) is 13.2. The topological polar surface area (TPSA) is 36.4 Å². The second-order valence-corrected chi connectivity index (χ2v) is 6.35. The minimum absolute atomic E-state index is 0.576. The van der Waals surface area contributed by atoms with Crippen LogP contribution in [0.4, 0.5) is 0 Å². The summed E-state index contributed by atoms with van der Waals surface area (Å²) in [6.07, 6.45) is 1.65. The van der Waals surface area contributed by atoms with E-state index in [0.717, 1.165) is 12.2 Å². The van der Waals surface area contributed by atoms with Gasteiger partial charge in [-0.3, -0.25) is 9.88 Å². The Balaban J connectivity index is 2.10. The lowest BCUT2D eigenvalue weighted by Crippen LogP contribution is -2.38. The Labute approximate surface area is 131 Å². The molecule has 1 heterocycles. The van der Waals surface area contributed by atoms with Crippen molar-refractivity contribution in [1.29, 1.82) is 0 Å². The molecule has 21 heavy (non-hydrogen) atoms. The van der Waals surface area contributed by atoms with Crippen LogP contribution in [0.1, 0.15) is 25.1 Å². The van der Waals surface area contributed by atoms with Crippen LogP contribution in [-0.4, -0.2) is 27.1 Å². The molecule has 0 fully saturated rings. The molecule has 1 aromatic carbocycles. The van der Waals surface area contributed by atoms with Gasteiger partial charge in [0.15, 0.2) is 0 Å². The number of nitrogens with zero attached hydrogens (tertiary/aromatic N) is 2. The van der Waals surface area contributed by atoms with Crippen LogP contribution in [0.3, 0.4) is 0 Å². The fourth-order valence-electron chi connectivity index (χ4n) is 2.29. The van der Waals surface area contributed by atoms with Crippen molar-refractivity contribution >= 4 is 11.6 Å². The van der Waals surface area contributed by atoms with Gasteiger partial charge in [-0.15, -0.1) is 0 Å². The maximum absolute atomic E-state index is 10.1. The van der Waals surface area contributed by atoms with Crippen molar-refractivity contribution in [2.24, 2.45) is 0 Å². The van der Waals surface area contributed by atoms with E-state index < -0.39 is 5.60 Å². The molecule has 2 rings (SSSR count). The first-order valence-electron chi connectivity index (χ1n) is 7.01. The van der Waals surface area contributed by atoms with E-state index in [4.69, 9.17) is 11.6 Å². The van der Waals surface area contributed by atoms with E-state index in [1.807, 2.05) is 44.2 Å². The van der Waals surface area contributed by atoms with Gasteiger partial charge in [0.2, 0.25) is 0 Å². The second-order valence-electron chi connectivity index (χ2n) is 5.91. The van der Waals surface area contributed by atoms with Crippen LogP contribution >= 0.6 is 11.6 Å². The van der Waals surface area contributed by atoms with Crippen molar-refractivity contribution in [3.63, 3.8) is 0 Å². The van der Waals surface area contributed by atoms with E-state index >= 15 is 0 Å². The van der Waals surface area contributed by atoms with Gasteiger partial charge >= 0.3 is 0 Å². The largest absolute Gasteiger partial charge is 0.389 e. The third kappa shape index (κ3) is 5.84. The molecule has 0 atom stereocenters. The van der Waals surface area contributed by atoms with Gasteiger partial charge in [-0.2, -0.15) is 0 Å². The Kier molecular flexibility index (Phi) is 5.34. The summed E-state index contributed by atoms with van der Waals surface area (Å²) in [6.45, 7) is 5.66. The number of halogens is 1. The molecular formula is C17H21ClN2O. The standard InChI is InChI=1S/C17H21ClN2O/c1-17(2,21)13-20(11-14-6-4-3-5-7-14)12-16-9-8-15(18)10-19-16/h3-10,21H,11-13H2,1-2H3. The van der Waals surface area contributed by atoms with Crippen LogP contribution in [0.2, 0.25) is 5.02 Å². The van der Waals surface area contributed by atoms with Gasteiger partial charge in [0.05, 0.1) is 16.3 Å². The van der Waals surface area contributed by atoms with Gasteiger partial charge in [-0.1, -0.05) is 41.9 Å². The second kappa shape index (κ2) is 7.03. The molecule has 0 saturated carbocycles. The monoisotopic (exact) mass is 304 g/mol. The Morgan fingerprint density at radius 2 is 1.81 bits per heavy atom. The summed E-state index contributed by atoms with van der Waals surface area (Å²) < 4.78 is 0. The van der Waals surface area contributed by atoms with Crippen LogP contribution < -0.4 is 0 Å². The molecule has 0 unspecified atom stereocenters. The highest BCUT2D eigenvalue weighted by atomic mass is 35.5. The lowest BCUT2D eigenvalue weighted by atomic mass is 10.1. The maximum Gasteiger partial charge on any atom is 0.0718 e. The average Bonchev–Trinajstić information content (AvgIpc) is 2.41. The van der Waals surface area contributed by atoms with E-state index in [1.54, 1.807) is 6.20 Å². The molecule has 4 heteroatoms. The van der Waals surface area contributed by atoms with Gasteiger partial charge in [0.1, 0.15) is 0 Å². The van der Waals surface area contributed by atoms with E-state index in [0.29, 0.717) is 18.1 Å². The summed E-state index contributed by atoms with van der Waals surface area (Å²) in [6, 6.07) is 14.0. The van der Waals surface area contributed by atoms with Crippen LogP contribution in [0, 0.1) is 0 Å². The van der Waals surface area contributed by atoms with Gasteiger partial charge in [0, 0.05) is 25.8 Å². The molecule has 1 N–H and O–H groups in total. The molecule has 0 amide bonds.